The van der Waals surface area contributed by atoms with Crippen molar-refractivity contribution in [3.8, 4) is 23.1 Å². The van der Waals surface area contributed by atoms with Crippen LogP contribution in [0.3, 0.4) is 0 Å². The average Bonchev–Trinajstić information content (AvgIpc) is 2.56. The van der Waals surface area contributed by atoms with Crippen LogP contribution < -0.4 is 11.1 Å². The van der Waals surface area contributed by atoms with Crippen LogP contribution in [0.1, 0.15) is 24.0 Å². The molecule has 0 radical (unpaired) electrons. The third-order valence-corrected chi connectivity index (χ3v) is 4.33. The lowest BCUT2D eigenvalue weighted by molar-refractivity contribution is 0.376. The van der Waals surface area contributed by atoms with Crippen molar-refractivity contribution >= 4 is 18.2 Å². The first-order valence-electron chi connectivity index (χ1n) is 7.87. The number of nitrogens with two attached hydrogens (primary N) is 1. The number of piperidine rings is 1. The number of hydrogen-bond acceptors (Lipinski definition) is 5. The molecule has 5 nitrogen and oxygen atoms in total. The molecule has 2 aromatic rings. The van der Waals surface area contributed by atoms with E-state index in [1.165, 1.54) is 0 Å². The highest BCUT2D eigenvalue weighted by Crippen LogP contribution is 2.31. The Hall–Kier alpha value is -2.29. The van der Waals surface area contributed by atoms with Gasteiger partial charge in [-0.15, -0.1) is 12.4 Å². The second-order valence-corrected chi connectivity index (χ2v) is 5.97. The number of nitrogen functional groups attached to an aromatic ring is 1. The standard InChI is InChI=1S/C18H20N4O.ClH/c19-10-15-13(8-12-4-3-7-21-11-12)9-16(22-18(15)20)14-5-1-2-6-17(14)23;/h1-2,5-6,9,12,21,23H,3-4,7-8,11H2,(H2,20,22);1H. The number of para-hydroxylation sites is 1. The van der Waals surface area contributed by atoms with Crippen LogP contribution in [0, 0.1) is 17.2 Å². The summed E-state index contributed by atoms with van der Waals surface area (Å²) in [5, 5.41) is 22.8. The highest BCUT2D eigenvalue weighted by atomic mass is 35.5. The van der Waals surface area contributed by atoms with Crippen LogP contribution in [-0.4, -0.2) is 23.2 Å². The van der Waals surface area contributed by atoms with E-state index in [0.717, 1.165) is 37.9 Å². The molecule has 1 atom stereocenters. The molecule has 0 saturated carbocycles. The van der Waals surface area contributed by atoms with E-state index in [9.17, 15) is 10.4 Å². The zero-order valence-corrected chi connectivity index (χ0v) is 14.1. The van der Waals surface area contributed by atoms with E-state index in [2.05, 4.69) is 16.4 Å². The molecule has 6 heteroatoms. The Labute approximate surface area is 147 Å². The second-order valence-electron chi connectivity index (χ2n) is 5.97. The number of aromatic hydroxyl groups is 1. The summed E-state index contributed by atoms with van der Waals surface area (Å²) in [7, 11) is 0. The lowest BCUT2D eigenvalue weighted by atomic mass is 9.90. The van der Waals surface area contributed by atoms with Crippen molar-refractivity contribution in [2.45, 2.75) is 19.3 Å². The van der Waals surface area contributed by atoms with Crippen LogP contribution >= 0.6 is 12.4 Å². The van der Waals surface area contributed by atoms with Crippen LogP contribution in [0.2, 0.25) is 0 Å². The summed E-state index contributed by atoms with van der Waals surface area (Å²) in [6, 6.07) is 11.1. The number of nitriles is 1. The van der Waals surface area contributed by atoms with Crippen molar-refractivity contribution in [2.75, 3.05) is 18.8 Å². The number of nitrogens with one attached hydrogen (secondary N) is 1. The molecule has 24 heavy (non-hydrogen) atoms. The van der Waals surface area contributed by atoms with E-state index < -0.39 is 0 Å². The molecule has 3 rings (SSSR count). The van der Waals surface area contributed by atoms with Crippen molar-refractivity contribution in [2.24, 2.45) is 5.92 Å². The van der Waals surface area contributed by atoms with Gasteiger partial charge < -0.3 is 16.2 Å². The van der Waals surface area contributed by atoms with Gasteiger partial charge in [-0.25, -0.2) is 4.98 Å². The van der Waals surface area contributed by atoms with E-state index in [0.29, 0.717) is 22.7 Å². The molecule has 1 saturated heterocycles. The summed E-state index contributed by atoms with van der Waals surface area (Å²) < 4.78 is 0. The summed E-state index contributed by atoms with van der Waals surface area (Å²) >= 11 is 0. The summed E-state index contributed by atoms with van der Waals surface area (Å²) in [4.78, 5) is 4.31. The number of anilines is 1. The van der Waals surface area contributed by atoms with Gasteiger partial charge >= 0.3 is 0 Å². The first-order chi connectivity index (χ1) is 11.2. The molecule has 2 heterocycles. The fraction of sp³-hybridized carbons (Fsp3) is 0.333. The number of halogens is 1. The van der Waals surface area contributed by atoms with Gasteiger partial charge in [0.05, 0.1) is 11.3 Å². The van der Waals surface area contributed by atoms with Gasteiger partial charge in [-0.1, -0.05) is 12.1 Å². The molecule has 1 aromatic heterocycles. The Bertz CT molecular complexity index is 751. The first kappa shape index (κ1) is 18.1. The lowest BCUT2D eigenvalue weighted by Crippen LogP contribution is -2.31. The number of rotatable bonds is 3. The van der Waals surface area contributed by atoms with E-state index >= 15 is 0 Å². The number of aromatic nitrogens is 1. The highest BCUT2D eigenvalue weighted by Gasteiger charge is 2.19. The maximum atomic E-state index is 10.0. The number of phenols is 1. The third kappa shape index (κ3) is 3.78. The van der Waals surface area contributed by atoms with Gasteiger partial charge in [-0.3, -0.25) is 0 Å². The van der Waals surface area contributed by atoms with E-state index in [1.54, 1.807) is 18.2 Å². The zero-order valence-electron chi connectivity index (χ0n) is 13.3. The molecule has 1 aromatic carbocycles. The van der Waals surface area contributed by atoms with Gasteiger partial charge in [0.15, 0.2) is 0 Å². The smallest absolute Gasteiger partial charge is 0.142 e. The average molecular weight is 345 g/mol. The first-order valence-corrected chi connectivity index (χ1v) is 7.87. The van der Waals surface area contributed by atoms with Gasteiger partial charge in [0.25, 0.3) is 0 Å². The minimum atomic E-state index is 0. The Kier molecular flexibility index (Phi) is 6.02. The molecular formula is C18H21ClN4O. The van der Waals surface area contributed by atoms with E-state index in [-0.39, 0.29) is 24.0 Å². The van der Waals surface area contributed by atoms with Crippen LogP contribution in [0.25, 0.3) is 11.3 Å². The van der Waals surface area contributed by atoms with Crippen LogP contribution in [0.4, 0.5) is 5.82 Å². The van der Waals surface area contributed by atoms with Crippen molar-refractivity contribution in [1.82, 2.24) is 10.3 Å². The fourth-order valence-electron chi connectivity index (χ4n) is 3.15. The van der Waals surface area contributed by atoms with Crippen LogP contribution in [0.5, 0.6) is 5.75 Å². The second kappa shape index (κ2) is 8.00. The molecule has 0 bridgehead atoms. The molecule has 0 amide bonds. The van der Waals surface area contributed by atoms with Gasteiger partial charge in [-0.2, -0.15) is 5.26 Å². The summed E-state index contributed by atoms with van der Waals surface area (Å²) in [6.07, 6.45) is 3.09. The number of benzene rings is 1. The molecular weight excluding hydrogens is 324 g/mol. The SMILES string of the molecule is Cl.N#Cc1c(CC2CCCNC2)cc(-c2ccccc2O)nc1N. The molecule has 0 spiro atoms. The van der Waals surface area contributed by atoms with Crippen LogP contribution in [-0.2, 0) is 6.42 Å². The van der Waals surface area contributed by atoms with E-state index in [1.807, 2.05) is 12.1 Å². The fourth-order valence-corrected chi connectivity index (χ4v) is 3.15. The molecule has 0 aliphatic carbocycles. The van der Waals surface area contributed by atoms with Crippen molar-refractivity contribution < 1.29 is 5.11 Å². The molecule has 1 aliphatic rings. The molecule has 4 N–H and O–H groups in total. The zero-order chi connectivity index (χ0) is 16.2. The Morgan fingerprint density at radius 3 is 2.83 bits per heavy atom. The van der Waals surface area contributed by atoms with E-state index in [4.69, 9.17) is 5.73 Å². The molecule has 126 valence electrons. The molecule has 1 aliphatic heterocycles. The molecule has 1 fully saturated rings. The number of nitrogens with zero attached hydrogens (tertiary/aromatic N) is 2. The largest absolute Gasteiger partial charge is 0.507 e. The van der Waals surface area contributed by atoms with Crippen LogP contribution in [0.15, 0.2) is 30.3 Å². The lowest BCUT2D eigenvalue weighted by Gasteiger charge is -2.23. The normalized spacial score (nSPS) is 16.9. The van der Waals surface area contributed by atoms with Crippen molar-refractivity contribution in [3.63, 3.8) is 0 Å². The van der Waals surface area contributed by atoms with Crippen molar-refractivity contribution in [1.29, 1.82) is 5.26 Å². The number of hydrogen-bond donors (Lipinski definition) is 3. The van der Waals surface area contributed by atoms with Gasteiger partial charge in [0.2, 0.25) is 0 Å². The van der Waals surface area contributed by atoms with Crippen molar-refractivity contribution in [3.05, 3.63) is 41.5 Å². The highest BCUT2D eigenvalue weighted by molar-refractivity contribution is 5.85. The quantitative estimate of drug-likeness (QED) is 0.795. The minimum absolute atomic E-state index is 0. The summed E-state index contributed by atoms with van der Waals surface area (Å²) in [5.41, 5.74) is 8.60. The predicted molar refractivity (Wildman–Crippen MR) is 97.0 cm³/mol. The van der Waals surface area contributed by atoms with Gasteiger partial charge in [-0.05, 0) is 62.0 Å². The maximum absolute atomic E-state index is 10.0. The molecule has 1 unspecified atom stereocenters. The number of pyridine rings is 1. The minimum Gasteiger partial charge on any atom is -0.507 e. The predicted octanol–water partition coefficient (Wildman–Crippen LogP) is 2.87. The Morgan fingerprint density at radius 2 is 2.17 bits per heavy atom. The Balaban J connectivity index is 0.00000208. The monoisotopic (exact) mass is 344 g/mol. The third-order valence-electron chi connectivity index (χ3n) is 4.33. The summed E-state index contributed by atoms with van der Waals surface area (Å²) in [5.74, 6) is 0.885. The summed E-state index contributed by atoms with van der Waals surface area (Å²) in [6.45, 7) is 2.02. The number of phenolic OH excluding ortho intramolecular Hbond substituents is 1. The Morgan fingerprint density at radius 1 is 1.38 bits per heavy atom. The van der Waals surface area contributed by atoms with Gasteiger partial charge in [0.1, 0.15) is 17.6 Å². The maximum Gasteiger partial charge on any atom is 0.142 e. The topological polar surface area (TPSA) is 95.0 Å². The van der Waals surface area contributed by atoms with Gasteiger partial charge in [0, 0.05) is 5.56 Å².